The van der Waals surface area contributed by atoms with Crippen LogP contribution in [0.2, 0.25) is 0 Å². The molecule has 0 bridgehead atoms. The molecule has 1 saturated heterocycles. The van der Waals surface area contributed by atoms with Crippen LogP contribution in [0.15, 0.2) is 6.20 Å². The molecule has 0 unspecified atom stereocenters. The van der Waals surface area contributed by atoms with E-state index in [1.807, 2.05) is 11.8 Å². The van der Waals surface area contributed by atoms with Crippen molar-refractivity contribution < 1.29 is 4.79 Å². The second-order valence-electron chi connectivity index (χ2n) is 4.36. The van der Waals surface area contributed by atoms with Crippen molar-refractivity contribution in [2.24, 2.45) is 0 Å². The Morgan fingerprint density at radius 3 is 2.88 bits per heavy atom. The molecule has 5 nitrogen and oxygen atoms in total. The van der Waals surface area contributed by atoms with Gasteiger partial charge in [-0.25, -0.2) is 0 Å². The Bertz CT molecular complexity index is 374. The second-order valence-corrected chi connectivity index (χ2v) is 4.36. The van der Waals surface area contributed by atoms with E-state index in [0.29, 0.717) is 5.56 Å². The Labute approximate surface area is 95.4 Å². The number of hydrogen-bond donors (Lipinski definition) is 1. The first-order chi connectivity index (χ1) is 7.68. The van der Waals surface area contributed by atoms with Crippen LogP contribution in [0.5, 0.6) is 0 Å². The van der Waals surface area contributed by atoms with E-state index in [1.165, 1.54) is 0 Å². The predicted octanol–water partition coefficient (Wildman–Crippen LogP) is 0.496. The van der Waals surface area contributed by atoms with Crippen LogP contribution in [-0.4, -0.2) is 59.1 Å². The summed E-state index contributed by atoms with van der Waals surface area (Å²) in [5, 5.41) is 6.70. The van der Waals surface area contributed by atoms with Crippen molar-refractivity contribution in [1.82, 2.24) is 20.0 Å². The van der Waals surface area contributed by atoms with Crippen molar-refractivity contribution in [2.75, 3.05) is 33.2 Å². The van der Waals surface area contributed by atoms with Gasteiger partial charge in [0.15, 0.2) is 0 Å². The zero-order valence-electron chi connectivity index (χ0n) is 9.86. The molecule has 1 aromatic rings. The number of nitrogens with zero attached hydrogens (tertiary/aromatic N) is 3. The average Bonchev–Trinajstić information content (AvgIpc) is 2.56. The van der Waals surface area contributed by atoms with Crippen LogP contribution in [0.3, 0.4) is 0 Å². The molecule has 16 heavy (non-hydrogen) atoms. The Balaban J connectivity index is 2.07. The maximum Gasteiger partial charge on any atom is 0.257 e. The van der Waals surface area contributed by atoms with E-state index in [1.54, 1.807) is 6.20 Å². The molecule has 0 saturated carbocycles. The predicted molar refractivity (Wildman–Crippen MR) is 61.3 cm³/mol. The van der Waals surface area contributed by atoms with E-state index in [4.69, 9.17) is 0 Å². The first kappa shape index (κ1) is 11.1. The topological polar surface area (TPSA) is 52.2 Å². The number of aryl methyl sites for hydroxylation is 1. The summed E-state index contributed by atoms with van der Waals surface area (Å²) >= 11 is 0. The Kier molecular flexibility index (Phi) is 3.24. The third-order valence-electron chi connectivity index (χ3n) is 3.07. The maximum atomic E-state index is 12.2. The molecule has 5 heteroatoms. The summed E-state index contributed by atoms with van der Waals surface area (Å²) < 4.78 is 0. The smallest absolute Gasteiger partial charge is 0.257 e. The van der Waals surface area contributed by atoms with Gasteiger partial charge in [-0.05, 0) is 26.9 Å². The summed E-state index contributed by atoms with van der Waals surface area (Å²) in [6, 6.07) is 0. The van der Waals surface area contributed by atoms with Gasteiger partial charge >= 0.3 is 0 Å². The molecule has 0 radical (unpaired) electrons. The van der Waals surface area contributed by atoms with Gasteiger partial charge in [-0.15, -0.1) is 0 Å². The Morgan fingerprint density at radius 1 is 1.38 bits per heavy atom. The molecule has 1 aromatic heterocycles. The summed E-state index contributed by atoms with van der Waals surface area (Å²) in [5.41, 5.74) is 1.55. The molecular formula is C11H18N4O. The third kappa shape index (κ3) is 2.24. The molecule has 1 amide bonds. The van der Waals surface area contributed by atoms with Gasteiger partial charge in [-0.3, -0.25) is 9.89 Å². The number of likely N-dealkylation sites (N-methyl/N-ethyl adjacent to an activating group) is 1. The fourth-order valence-electron chi connectivity index (χ4n) is 1.99. The van der Waals surface area contributed by atoms with E-state index in [9.17, 15) is 4.79 Å². The first-order valence-electron chi connectivity index (χ1n) is 5.66. The minimum Gasteiger partial charge on any atom is -0.337 e. The number of rotatable bonds is 1. The van der Waals surface area contributed by atoms with Crippen molar-refractivity contribution in [1.29, 1.82) is 0 Å². The summed E-state index contributed by atoms with van der Waals surface area (Å²) in [6.45, 7) is 5.54. The highest BCUT2D eigenvalue weighted by Gasteiger charge is 2.20. The lowest BCUT2D eigenvalue weighted by molar-refractivity contribution is 0.0762. The fourth-order valence-corrected chi connectivity index (χ4v) is 1.99. The van der Waals surface area contributed by atoms with Crippen LogP contribution < -0.4 is 0 Å². The van der Waals surface area contributed by atoms with Crippen molar-refractivity contribution in [3.63, 3.8) is 0 Å². The van der Waals surface area contributed by atoms with E-state index in [0.717, 1.165) is 38.3 Å². The van der Waals surface area contributed by atoms with Gasteiger partial charge in [-0.1, -0.05) is 0 Å². The Hall–Kier alpha value is -1.36. The summed E-state index contributed by atoms with van der Waals surface area (Å²) in [7, 11) is 2.09. The minimum atomic E-state index is 0.0987. The molecule has 1 N–H and O–H groups in total. The van der Waals surface area contributed by atoms with Crippen LogP contribution in [-0.2, 0) is 0 Å². The first-order valence-corrected chi connectivity index (χ1v) is 5.66. The van der Waals surface area contributed by atoms with Crippen molar-refractivity contribution in [2.45, 2.75) is 13.3 Å². The van der Waals surface area contributed by atoms with Crippen LogP contribution >= 0.6 is 0 Å². The van der Waals surface area contributed by atoms with Crippen LogP contribution in [0.1, 0.15) is 22.5 Å². The Morgan fingerprint density at radius 2 is 2.19 bits per heavy atom. The van der Waals surface area contributed by atoms with Gasteiger partial charge in [0.25, 0.3) is 5.91 Å². The average molecular weight is 222 g/mol. The molecule has 2 heterocycles. The van der Waals surface area contributed by atoms with Crippen molar-refractivity contribution >= 4 is 5.91 Å². The van der Waals surface area contributed by atoms with Gasteiger partial charge < -0.3 is 9.80 Å². The monoisotopic (exact) mass is 222 g/mol. The lowest BCUT2D eigenvalue weighted by Crippen LogP contribution is -2.34. The van der Waals surface area contributed by atoms with Gasteiger partial charge in [0.1, 0.15) is 0 Å². The van der Waals surface area contributed by atoms with Gasteiger partial charge in [-0.2, -0.15) is 5.10 Å². The molecule has 88 valence electrons. The number of H-pyrrole nitrogens is 1. The number of carbonyl (C=O) groups is 1. The lowest BCUT2D eigenvalue weighted by Gasteiger charge is -2.20. The van der Waals surface area contributed by atoms with Gasteiger partial charge in [0.05, 0.1) is 11.8 Å². The summed E-state index contributed by atoms with van der Waals surface area (Å²) in [5.74, 6) is 0.0987. The molecule has 0 atom stereocenters. The van der Waals surface area contributed by atoms with Crippen LogP contribution in [0.25, 0.3) is 0 Å². The molecular weight excluding hydrogens is 204 g/mol. The van der Waals surface area contributed by atoms with Crippen molar-refractivity contribution in [3.8, 4) is 0 Å². The molecule has 0 aliphatic carbocycles. The number of nitrogens with one attached hydrogen (secondary N) is 1. The molecule has 1 aliphatic rings. The third-order valence-corrected chi connectivity index (χ3v) is 3.07. The molecule has 2 rings (SSSR count). The van der Waals surface area contributed by atoms with E-state index < -0.39 is 0 Å². The zero-order valence-corrected chi connectivity index (χ0v) is 9.86. The number of carbonyl (C=O) groups excluding carboxylic acids is 1. The normalized spacial score (nSPS) is 18.5. The minimum absolute atomic E-state index is 0.0987. The number of aromatic nitrogens is 2. The van der Waals surface area contributed by atoms with Gasteiger partial charge in [0.2, 0.25) is 0 Å². The highest BCUT2D eigenvalue weighted by molar-refractivity contribution is 5.95. The van der Waals surface area contributed by atoms with E-state index in [-0.39, 0.29) is 5.91 Å². The molecule has 1 aliphatic heterocycles. The largest absolute Gasteiger partial charge is 0.337 e. The standard InChI is InChI=1S/C11H18N4O/c1-9-10(8-12-13-9)11(16)15-5-3-4-14(2)6-7-15/h8H,3-7H2,1-2H3,(H,12,13). The molecule has 0 spiro atoms. The van der Waals surface area contributed by atoms with Gasteiger partial charge in [0, 0.05) is 25.3 Å². The highest BCUT2D eigenvalue weighted by atomic mass is 16.2. The number of hydrogen-bond acceptors (Lipinski definition) is 3. The maximum absolute atomic E-state index is 12.2. The molecule has 1 fully saturated rings. The SMILES string of the molecule is Cc1[nH]ncc1C(=O)N1CCCN(C)CC1. The highest BCUT2D eigenvalue weighted by Crippen LogP contribution is 2.10. The lowest BCUT2D eigenvalue weighted by atomic mass is 10.2. The fraction of sp³-hybridized carbons (Fsp3) is 0.636. The molecule has 0 aromatic carbocycles. The van der Waals surface area contributed by atoms with Crippen LogP contribution in [0, 0.1) is 6.92 Å². The summed E-state index contributed by atoms with van der Waals surface area (Å²) in [6.07, 6.45) is 2.66. The summed E-state index contributed by atoms with van der Waals surface area (Å²) in [4.78, 5) is 16.4. The number of aromatic amines is 1. The number of amides is 1. The second kappa shape index (κ2) is 4.65. The quantitative estimate of drug-likeness (QED) is 0.752. The van der Waals surface area contributed by atoms with E-state index in [2.05, 4.69) is 22.1 Å². The van der Waals surface area contributed by atoms with Crippen LogP contribution in [0.4, 0.5) is 0 Å². The zero-order chi connectivity index (χ0) is 11.5. The van der Waals surface area contributed by atoms with Crippen molar-refractivity contribution in [3.05, 3.63) is 17.5 Å². The van der Waals surface area contributed by atoms with E-state index >= 15 is 0 Å².